The summed E-state index contributed by atoms with van der Waals surface area (Å²) >= 11 is 0. The lowest BCUT2D eigenvalue weighted by molar-refractivity contribution is -0.202. The maximum absolute atomic E-state index is 14.5. The lowest BCUT2D eigenvalue weighted by atomic mass is 9.33. The summed E-state index contributed by atoms with van der Waals surface area (Å²) in [5, 5.41) is 11.0. The van der Waals surface area contributed by atoms with Crippen LogP contribution in [-0.2, 0) is 14.3 Å². The van der Waals surface area contributed by atoms with E-state index in [2.05, 4.69) is 54.5 Å². The van der Waals surface area contributed by atoms with Gasteiger partial charge in [0.25, 0.3) is 0 Å². The van der Waals surface area contributed by atoms with E-state index in [0.29, 0.717) is 43.9 Å². The number of aliphatic hydroxyl groups is 1. The Morgan fingerprint density at radius 2 is 1.59 bits per heavy atom. The number of allylic oxidation sites excluding steroid dienone is 2. The summed E-state index contributed by atoms with van der Waals surface area (Å²) in [5.41, 5.74) is 0.747. The number of carbonyl (C=O) groups is 2. The molecule has 39 heavy (non-hydrogen) atoms. The number of ether oxygens (including phenoxy) is 1. The Bertz CT molecular complexity index is 1090. The van der Waals surface area contributed by atoms with Gasteiger partial charge in [0.2, 0.25) is 5.91 Å². The van der Waals surface area contributed by atoms with E-state index in [1.165, 1.54) is 12.0 Å². The van der Waals surface area contributed by atoms with Crippen molar-refractivity contribution in [3.63, 3.8) is 0 Å². The van der Waals surface area contributed by atoms with E-state index < -0.39 is 0 Å². The van der Waals surface area contributed by atoms with Crippen molar-refractivity contribution in [2.24, 2.45) is 50.2 Å². The molecule has 0 spiro atoms. The lowest BCUT2D eigenvalue weighted by Gasteiger charge is -2.70. The van der Waals surface area contributed by atoms with Crippen LogP contribution in [0.25, 0.3) is 0 Å². The van der Waals surface area contributed by atoms with Crippen LogP contribution in [0.3, 0.4) is 0 Å². The number of rotatable bonds is 1. The van der Waals surface area contributed by atoms with E-state index in [0.717, 1.165) is 51.4 Å². The Hall–Kier alpha value is -1.20. The topological polar surface area (TPSA) is 66.8 Å². The van der Waals surface area contributed by atoms with Crippen LogP contribution in [0.1, 0.15) is 106 Å². The van der Waals surface area contributed by atoms with Crippen LogP contribution < -0.4 is 0 Å². The molecule has 1 aliphatic heterocycles. The minimum Gasteiger partial charge on any atom is -0.393 e. The fraction of sp³-hybridized carbons (Fsp3) is 0.882. The van der Waals surface area contributed by atoms with Crippen molar-refractivity contribution >= 4 is 11.7 Å². The van der Waals surface area contributed by atoms with E-state index in [-0.39, 0.29) is 50.4 Å². The molecule has 1 heterocycles. The van der Waals surface area contributed by atoms with Gasteiger partial charge in [-0.3, -0.25) is 9.59 Å². The molecule has 5 nitrogen and oxygen atoms in total. The molecule has 0 unspecified atom stereocenters. The van der Waals surface area contributed by atoms with Gasteiger partial charge in [-0.15, -0.1) is 0 Å². The molecule has 0 bridgehead atoms. The van der Waals surface area contributed by atoms with Crippen LogP contribution in [0.15, 0.2) is 11.6 Å². The number of ketones is 1. The second-order valence-corrected chi connectivity index (χ2v) is 16.5. The quantitative estimate of drug-likeness (QED) is 0.432. The maximum Gasteiger partial charge on any atom is 0.228 e. The van der Waals surface area contributed by atoms with Crippen LogP contribution in [-0.4, -0.2) is 54.1 Å². The largest absolute Gasteiger partial charge is 0.393 e. The van der Waals surface area contributed by atoms with Gasteiger partial charge in [0.05, 0.1) is 19.3 Å². The van der Waals surface area contributed by atoms with Gasteiger partial charge in [-0.25, -0.2) is 0 Å². The number of fused-ring (bicyclic) bond motifs is 7. The number of carbonyl (C=O) groups excluding carboxylic acids is 2. The van der Waals surface area contributed by atoms with Gasteiger partial charge in [-0.2, -0.15) is 0 Å². The van der Waals surface area contributed by atoms with Crippen molar-refractivity contribution in [1.82, 2.24) is 4.90 Å². The Labute approximate surface area is 236 Å². The van der Waals surface area contributed by atoms with E-state index in [9.17, 15) is 14.7 Å². The SMILES string of the molecule is CC1(C)[C@@H](O)CC[C@@]2(C)[C@H]3C(=O)C=C4[C@H]5C[C@@](C)(C(=O)N6CCOCC6)CC[C@]5(C)CC[C@@]4(C)[C@]3(C)CC[C@@H]12. The summed E-state index contributed by atoms with van der Waals surface area (Å²) in [7, 11) is 0. The summed E-state index contributed by atoms with van der Waals surface area (Å²) in [6, 6.07) is 0. The predicted octanol–water partition coefficient (Wildman–Crippen LogP) is 6.19. The molecule has 9 atom stereocenters. The van der Waals surface area contributed by atoms with Gasteiger partial charge in [-0.05, 0) is 103 Å². The van der Waals surface area contributed by atoms with Gasteiger partial charge in [0.15, 0.2) is 5.78 Å². The van der Waals surface area contributed by atoms with Gasteiger partial charge >= 0.3 is 0 Å². The fourth-order valence-electron chi connectivity index (χ4n) is 11.5. The van der Waals surface area contributed by atoms with Gasteiger partial charge in [-0.1, -0.05) is 54.0 Å². The first-order valence-corrected chi connectivity index (χ1v) is 15.9. The van der Waals surface area contributed by atoms with Gasteiger partial charge in [0, 0.05) is 24.4 Å². The second kappa shape index (κ2) is 8.66. The highest BCUT2D eigenvalue weighted by molar-refractivity contribution is 5.95. The zero-order chi connectivity index (χ0) is 28.2. The summed E-state index contributed by atoms with van der Waals surface area (Å²) in [5.74, 6) is 1.26. The summed E-state index contributed by atoms with van der Waals surface area (Å²) in [6.45, 7) is 19.1. The van der Waals surface area contributed by atoms with E-state index >= 15 is 0 Å². The molecular weight excluding hydrogens is 486 g/mol. The number of hydrogen-bond acceptors (Lipinski definition) is 4. The molecule has 218 valence electrons. The van der Waals surface area contributed by atoms with Crippen molar-refractivity contribution in [3.05, 3.63) is 11.6 Å². The first-order valence-electron chi connectivity index (χ1n) is 15.9. The molecule has 6 aliphatic rings. The van der Waals surface area contributed by atoms with Crippen LogP contribution in [0, 0.1) is 50.2 Å². The van der Waals surface area contributed by atoms with Crippen LogP contribution in [0.5, 0.6) is 0 Å². The van der Waals surface area contributed by atoms with Crippen LogP contribution in [0.2, 0.25) is 0 Å². The second-order valence-electron chi connectivity index (χ2n) is 16.5. The highest BCUT2D eigenvalue weighted by Crippen LogP contribution is 2.75. The third-order valence-electron chi connectivity index (χ3n) is 14.4. The normalized spacial score (nSPS) is 51.1. The molecular formula is C34H53NO4. The third-order valence-corrected chi connectivity index (χ3v) is 14.4. The minimum atomic E-state index is -0.380. The van der Waals surface area contributed by atoms with Crippen molar-refractivity contribution in [2.75, 3.05) is 26.3 Å². The molecule has 5 fully saturated rings. The van der Waals surface area contributed by atoms with Crippen LogP contribution >= 0.6 is 0 Å². The molecule has 4 saturated carbocycles. The predicted molar refractivity (Wildman–Crippen MR) is 153 cm³/mol. The zero-order valence-electron chi connectivity index (χ0n) is 25.7. The average Bonchev–Trinajstić information content (AvgIpc) is 2.89. The number of morpholine rings is 1. The molecule has 0 radical (unpaired) electrons. The molecule has 5 heteroatoms. The number of hydrogen-bond donors (Lipinski definition) is 1. The molecule has 0 aromatic carbocycles. The number of aliphatic hydroxyl groups excluding tert-OH is 1. The molecule has 1 amide bonds. The molecule has 6 rings (SSSR count). The maximum atomic E-state index is 14.5. The van der Waals surface area contributed by atoms with E-state index in [1.54, 1.807) is 0 Å². The molecule has 1 saturated heterocycles. The van der Waals surface area contributed by atoms with Crippen LogP contribution in [0.4, 0.5) is 0 Å². The lowest BCUT2D eigenvalue weighted by Crippen LogP contribution is -2.66. The van der Waals surface area contributed by atoms with Crippen molar-refractivity contribution in [1.29, 1.82) is 0 Å². The van der Waals surface area contributed by atoms with Crippen molar-refractivity contribution in [2.45, 2.75) is 112 Å². The van der Waals surface area contributed by atoms with Crippen molar-refractivity contribution in [3.8, 4) is 0 Å². The minimum absolute atomic E-state index is 0.00131. The van der Waals surface area contributed by atoms with Gasteiger partial charge in [0.1, 0.15) is 0 Å². The van der Waals surface area contributed by atoms with Gasteiger partial charge < -0.3 is 14.7 Å². The smallest absolute Gasteiger partial charge is 0.228 e. The Morgan fingerprint density at radius 3 is 2.28 bits per heavy atom. The Kier molecular flexibility index (Phi) is 6.20. The van der Waals surface area contributed by atoms with E-state index in [4.69, 9.17) is 4.74 Å². The highest BCUT2D eigenvalue weighted by Gasteiger charge is 2.70. The number of nitrogens with zero attached hydrogens (tertiary/aromatic N) is 1. The van der Waals surface area contributed by atoms with E-state index in [1.807, 2.05) is 4.90 Å². The molecule has 0 aromatic rings. The highest BCUT2D eigenvalue weighted by atomic mass is 16.5. The summed E-state index contributed by atoms with van der Waals surface area (Å²) in [4.78, 5) is 30.4. The Morgan fingerprint density at radius 1 is 0.923 bits per heavy atom. The monoisotopic (exact) mass is 539 g/mol. The first-order chi connectivity index (χ1) is 18.1. The Balaban J connectivity index is 1.39. The average molecular weight is 540 g/mol. The van der Waals surface area contributed by atoms with Crippen molar-refractivity contribution < 1.29 is 19.4 Å². The molecule has 0 aromatic heterocycles. The number of amides is 1. The summed E-state index contributed by atoms with van der Waals surface area (Å²) < 4.78 is 5.54. The third kappa shape index (κ3) is 3.63. The molecule has 5 aliphatic carbocycles. The first kappa shape index (κ1) is 27.9. The fourth-order valence-corrected chi connectivity index (χ4v) is 11.5. The molecule has 1 N–H and O–H groups in total. The summed E-state index contributed by atoms with van der Waals surface area (Å²) in [6.07, 6.45) is 10.8. The standard InChI is InChI=1S/C34H53NO4/c1-29(2)25-8-11-34(7)27(32(25,5)10-9-26(29)37)24(36)20-22-23-21-31(4,28(38)35-16-18-39-19-17-35)13-12-30(23,3)14-15-33(22,34)6/h20,23,25-27,37H,8-19,21H2,1-7H3/t23-,25+,26+,27-,30-,31+,32-,33-,34-/m1/s1. The zero-order valence-corrected chi connectivity index (χ0v) is 25.7.